The number of aromatic nitrogens is 4. The van der Waals surface area contributed by atoms with Gasteiger partial charge in [0, 0.05) is 12.8 Å². The summed E-state index contributed by atoms with van der Waals surface area (Å²) in [5.74, 6) is 2.39. The Morgan fingerprint density at radius 3 is 2.68 bits per heavy atom. The molecule has 2 aromatic heterocycles. The zero-order valence-electron chi connectivity index (χ0n) is 12.9. The van der Waals surface area contributed by atoms with E-state index in [0.717, 1.165) is 52.1 Å². The van der Waals surface area contributed by atoms with Gasteiger partial charge >= 0.3 is 0 Å². The molecule has 2 heterocycles. The molecule has 0 aliphatic rings. The van der Waals surface area contributed by atoms with Crippen LogP contribution in [0.25, 0.3) is 4.96 Å². The molecule has 116 valence electrons. The van der Waals surface area contributed by atoms with Crippen LogP contribution in [-0.4, -0.2) is 34.0 Å². The number of methoxy groups -OCH3 is 2. The Morgan fingerprint density at radius 1 is 1.14 bits per heavy atom. The molecule has 3 rings (SSSR count). The van der Waals surface area contributed by atoms with Crippen molar-refractivity contribution >= 4 is 16.3 Å². The van der Waals surface area contributed by atoms with Crippen LogP contribution in [-0.2, 0) is 12.8 Å². The van der Waals surface area contributed by atoms with Crippen LogP contribution < -0.4 is 9.47 Å². The Bertz CT molecular complexity index is 781. The van der Waals surface area contributed by atoms with Gasteiger partial charge in [-0.3, -0.25) is 0 Å². The minimum absolute atomic E-state index is 0.731. The lowest BCUT2D eigenvalue weighted by molar-refractivity contribution is 0.354. The molecule has 0 bridgehead atoms. The maximum atomic E-state index is 5.34. The van der Waals surface area contributed by atoms with Crippen LogP contribution in [0.15, 0.2) is 18.2 Å². The van der Waals surface area contributed by atoms with E-state index in [1.54, 1.807) is 25.6 Å². The lowest BCUT2D eigenvalue weighted by atomic mass is 10.1. The number of hydrogen-bond acceptors (Lipinski definition) is 6. The summed E-state index contributed by atoms with van der Waals surface area (Å²) in [5, 5.41) is 14.0. The molecule has 0 saturated heterocycles. The van der Waals surface area contributed by atoms with Crippen LogP contribution in [0.2, 0.25) is 0 Å². The van der Waals surface area contributed by atoms with E-state index in [1.807, 2.05) is 22.7 Å². The van der Waals surface area contributed by atoms with Crippen molar-refractivity contribution < 1.29 is 9.47 Å². The molecule has 22 heavy (non-hydrogen) atoms. The number of hydrogen-bond donors (Lipinski definition) is 0. The number of ether oxygens (including phenoxy) is 2. The van der Waals surface area contributed by atoms with Crippen molar-refractivity contribution in [1.82, 2.24) is 19.8 Å². The van der Waals surface area contributed by atoms with Crippen LogP contribution in [0.4, 0.5) is 0 Å². The average Bonchev–Trinajstić information content (AvgIpc) is 3.09. The van der Waals surface area contributed by atoms with Gasteiger partial charge in [-0.1, -0.05) is 24.3 Å². The smallest absolute Gasteiger partial charge is 0.234 e. The molecule has 0 spiro atoms. The molecule has 0 unspecified atom stereocenters. The first-order valence-corrected chi connectivity index (χ1v) is 7.97. The Morgan fingerprint density at radius 2 is 1.95 bits per heavy atom. The van der Waals surface area contributed by atoms with Gasteiger partial charge in [0.2, 0.25) is 4.96 Å². The van der Waals surface area contributed by atoms with E-state index in [4.69, 9.17) is 9.47 Å². The van der Waals surface area contributed by atoms with E-state index >= 15 is 0 Å². The summed E-state index contributed by atoms with van der Waals surface area (Å²) < 4.78 is 12.5. The highest BCUT2D eigenvalue weighted by molar-refractivity contribution is 7.16. The normalized spacial score (nSPS) is 11.0. The highest BCUT2D eigenvalue weighted by Gasteiger charge is 2.12. The van der Waals surface area contributed by atoms with E-state index < -0.39 is 0 Å². The molecule has 7 heteroatoms. The predicted octanol–water partition coefficient (Wildman–Crippen LogP) is 2.75. The first kappa shape index (κ1) is 14.8. The van der Waals surface area contributed by atoms with Crippen molar-refractivity contribution in [3.8, 4) is 11.5 Å². The van der Waals surface area contributed by atoms with Crippen LogP contribution in [0.3, 0.4) is 0 Å². The standard InChI is InChI=1S/C15H18N4O2S/c1-4-5-13-16-17-15-19(13)18-14(22-15)9-10-6-7-11(20-2)12(8-10)21-3/h6-8H,4-5,9H2,1-3H3. The fraction of sp³-hybridized carbons (Fsp3) is 0.400. The maximum Gasteiger partial charge on any atom is 0.234 e. The van der Waals surface area contributed by atoms with Gasteiger partial charge in [0.25, 0.3) is 0 Å². The molecule has 0 amide bonds. The zero-order valence-corrected chi connectivity index (χ0v) is 13.7. The molecule has 6 nitrogen and oxygen atoms in total. The summed E-state index contributed by atoms with van der Waals surface area (Å²) in [6.07, 6.45) is 2.66. The summed E-state index contributed by atoms with van der Waals surface area (Å²) in [7, 11) is 3.28. The Balaban J connectivity index is 1.86. The van der Waals surface area contributed by atoms with Crippen molar-refractivity contribution in [2.45, 2.75) is 26.2 Å². The zero-order chi connectivity index (χ0) is 15.5. The summed E-state index contributed by atoms with van der Waals surface area (Å²) in [6.45, 7) is 2.12. The van der Waals surface area contributed by atoms with Crippen molar-refractivity contribution in [3.05, 3.63) is 34.6 Å². The van der Waals surface area contributed by atoms with Gasteiger partial charge in [0.1, 0.15) is 5.01 Å². The Hall–Kier alpha value is -2.15. The highest BCUT2D eigenvalue weighted by Crippen LogP contribution is 2.29. The van der Waals surface area contributed by atoms with E-state index in [-0.39, 0.29) is 0 Å². The molecule has 0 saturated carbocycles. The topological polar surface area (TPSA) is 61.5 Å². The van der Waals surface area contributed by atoms with Crippen LogP contribution in [0.1, 0.15) is 29.7 Å². The Labute approximate surface area is 132 Å². The molecule has 0 N–H and O–H groups in total. The van der Waals surface area contributed by atoms with E-state index in [1.165, 1.54) is 0 Å². The maximum absolute atomic E-state index is 5.34. The van der Waals surface area contributed by atoms with Crippen LogP contribution in [0.5, 0.6) is 11.5 Å². The second-order valence-corrected chi connectivity index (χ2v) is 5.96. The number of nitrogens with zero attached hydrogens (tertiary/aromatic N) is 4. The van der Waals surface area contributed by atoms with Gasteiger partial charge in [-0.15, -0.1) is 10.2 Å². The summed E-state index contributed by atoms with van der Waals surface area (Å²) >= 11 is 1.57. The van der Waals surface area contributed by atoms with Crippen LogP contribution >= 0.6 is 11.3 Å². The van der Waals surface area contributed by atoms with E-state index in [9.17, 15) is 0 Å². The molecule has 0 atom stereocenters. The van der Waals surface area contributed by atoms with Crippen molar-refractivity contribution in [3.63, 3.8) is 0 Å². The fourth-order valence-electron chi connectivity index (χ4n) is 2.31. The first-order valence-electron chi connectivity index (χ1n) is 7.16. The van der Waals surface area contributed by atoms with Crippen LogP contribution in [0, 0.1) is 0 Å². The SMILES string of the molecule is CCCc1nnc2sc(Cc3ccc(OC)c(OC)c3)nn12. The van der Waals surface area contributed by atoms with Crippen molar-refractivity contribution in [1.29, 1.82) is 0 Å². The van der Waals surface area contributed by atoms with Gasteiger partial charge in [-0.2, -0.15) is 9.61 Å². The third-order valence-electron chi connectivity index (χ3n) is 3.37. The van der Waals surface area contributed by atoms with Gasteiger partial charge in [-0.25, -0.2) is 0 Å². The second-order valence-electron chi connectivity index (χ2n) is 4.92. The molecule has 0 aliphatic carbocycles. The minimum Gasteiger partial charge on any atom is -0.493 e. The number of benzene rings is 1. The second kappa shape index (κ2) is 6.31. The lowest BCUT2D eigenvalue weighted by Crippen LogP contribution is -1.97. The summed E-state index contributed by atoms with van der Waals surface area (Å²) in [5.41, 5.74) is 1.12. The number of rotatable bonds is 6. The average molecular weight is 318 g/mol. The highest BCUT2D eigenvalue weighted by atomic mass is 32.1. The van der Waals surface area contributed by atoms with Gasteiger partial charge in [0.05, 0.1) is 14.2 Å². The predicted molar refractivity (Wildman–Crippen MR) is 85.0 cm³/mol. The van der Waals surface area contributed by atoms with Crippen molar-refractivity contribution in [2.75, 3.05) is 14.2 Å². The quantitative estimate of drug-likeness (QED) is 0.699. The molecule has 1 aromatic carbocycles. The lowest BCUT2D eigenvalue weighted by Gasteiger charge is -2.08. The molecule has 0 fully saturated rings. The van der Waals surface area contributed by atoms with E-state index in [2.05, 4.69) is 22.2 Å². The fourth-order valence-corrected chi connectivity index (χ4v) is 3.20. The Kier molecular flexibility index (Phi) is 4.24. The third-order valence-corrected chi connectivity index (χ3v) is 4.27. The first-order chi connectivity index (χ1) is 10.7. The monoisotopic (exact) mass is 318 g/mol. The molecule has 3 aromatic rings. The molecular weight excluding hydrogens is 300 g/mol. The molecule has 0 aliphatic heterocycles. The third kappa shape index (κ3) is 2.76. The largest absolute Gasteiger partial charge is 0.493 e. The van der Waals surface area contributed by atoms with Gasteiger partial charge < -0.3 is 9.47 Å². The van der Waals surface area contributed by atoms with E-state index in [0.29, 0.717) is 0 Å². The number of fused-ring (bicyclic) bond motifs is 1. The van der Waals surface area contributed by atoms with Gasteiger partial charge in [0.15, 0.2) is 17.3 Å². The summed E-state index contributed by atoms with van der Waals surface area (Å²) in [4.78, 5) is 0.846. The number of aryl methyl sites for hydroxylation is 1. The summed E-state index contributed by atoms with van der Waals surface area (Å²) in [6, 6.07) is 5.92. The molecular formula is C15H18N4O2S. The molecule has 0 radical (unpaired) electrons. The minimum atomic E-state index is 0.731. The van der Waals surface area contributed by atoms with Crippen molar-refractivity contribution in [2.24, 2.45) is 0 Å². The van der Waals surface area contributed by atoms with Gasteiger partial charge in [-0.05, 0) is 24.1 Å².